The lowest BCUT2D eigenvalue weighted by Gasteiger charge is -1.34. The quantitative estimate of drug-likeness (QED) is 0.537. The maximum Gasteiger partial charge on any atom is 0.692 e. The van der Waals surface area contributed by atoms with Gasteiger partial charge in [-0.25, -0.2) is 0 Å². The first-order valence-corrected chi connectivity index (χ1v) is 1.75. The van der Waals surface area contributed by atoms with Crippen LogP contribution in [0, 0.1) is 0 Å². The summed E-state index contributed by atoms with van der Waals surface area (Å²) in [5.74, 6) is 0. The average Bonchev–Trinajstić information content (AvgIpc) is 0.811. The highest BCUT2D eigenvalue weighted by Gasteiger charge is 1.93. The van der Waals surface area contributed by atoms with Crippen LogP contribution in [0.3, 0.4) is 0 Å². The highest BCUT2D eigenvalue weighted by Crippen LogP contribution is 1.98. The molecule has 0 unspecified atom stereocenters. The van der Waals surface area contributed by atoms with Crippen LogP contribution in [-0.2, 0) is 4.57 Å². The number of hydrogen-bond acceptors (Lipinski definition) is 1. The van der Waals surface area contributed by atoms with Crippen LogP contribution in [0.15, 0.2) is 0 Å². The average molecular weight is 161 g/mol. The van der Waals surface area contributed by atoms with Gasteiger partial charge in [-0.3, -0.25) is 0 Å². The van der Waals surface area contributed by atoms with Gasteiger partial charge in [0.25, 0.3) is 0 Å². The number of hydrogen-bond donors (Lipinski definition) is 2. The van der Waals surface area contributed by atoms with Gasteiger partial charge < -0.3 is 0 Å². The zero-order valence-corrected chi connectivity index (χ0v) is 2.64. The van der Waals surface area contributed by atoms with E-state index in [1.807, 2.05) is 0 Å². The Hall–Kier alpha value is 0.0200. The van der Waals surface area contributed by atoms with Crippen LogP contribution in [0.5, 0.6) is 0 Å². The van der Waals surface area contributed by atoms with E-state index < -0.39 is 8.25 Å². The van der Waals surface area contributed by atoms with Crippen molar-refractivity contribution < 1.29 is 14.4 Å². The lowest BCUT2D eigenvalue weighted by Crippen LogP contribution is -1.38. The van der Waals surface area contributed by atoms with Crippen LogP contribution in [0.2, 0.25) is 0 Å². The molecule has 0 aliphatic rings. The minimum atomic E-state index is -2.87. The molecule has 0 saturated heterocycles. The Kier molecular flexibility index (Phi) is 306. The van der Waals surface area contributed by atoms with Gasteiger partial charge in [-0.2, -0.15) is 0 Å². The zero-order chi connectivity index (χ0) is 3.58. The smallest absolute Gasteiger partial charge is 0.134 e. The molecule has 0 heterocycles. The van der Waals surface area contributed by atoms with Gasteiger partial charge in [0.15, 0.2) is 0 Å². The highest BCUT2D eigenvalue weighted by atomic mass is 31.1. The molecular formula is C5H22O3P+. The van der Waals surface area contributed by atoms with Gasteiger partial charge in [0, 0.05) is 4.57 Å². The highest BCUT2D eigenvalue weighted by molar-refractivity contribution is 7.30. The maximum absolute atomic E-state index is 8.70. The molecule has 0 aliphatic carbocycles. The van der Waals surface area contributed by atoms with Gasteiger partial charge in [0.2, 0.25) is 0 Å². The molecule has 0 fully saturated rings. The Morgan fingerprint density at radius 1 is 0.778 bits per heavy atom. The van der Waals surface area contributed by atoms with Crippen molar-refractivity contribution in [2.24, 2.45) is 0 Å². The fraction of sp³-hybridized carbons (Fsp3) is 1.00. The summed E-state index contributed by atoms with van der Waals surface area (Å²) in [5.41, 5.74) is 0. The third-order valence-corrected chi connectivity index (χ3v) is 0. The fourth-order valence-electron chi connectivity index (χ4n) is 0. The molecular weight excluding hydrogens is 139 g/mol. The molecule has 0 aromatic carbocycles. The minimum Gasteiger partial charge on any atom is -0.134 e. The Bertz CT molecular complexity index is 35.2. The topological polar surface area (TPSA) is 57.5 Å². The monoisotopic (exact) mass is 161 g/mol. The normalized spacial score (nSPS) is 2.89. The van der Waals surface area contributed by atoms with Crippen LogP contribution in [0.25, 0.3) is 0 Å². The lowest BCUT2D eigenvalue weighted by molar-refractivity contribution is 0.405. The van der Waals surface area contributed by atoms with Crippen molar-refractivity contribution >= 4 is 8.25 Å². The standard InChI is InChI=1S/5CH4.HO3P/c;;;;;1-4(2)3/h5*1H4;(H-,1,2,3)/p+1. The molecule has 0 saturated carbocycles. The summed E-state index contributed by atoms with van der Waals surface area (Å²) in [6, 6.07) is 0. The summed E-state index contributed by atoms with van der Waals surface area (Å²) >= 11 is 0. The molecule has 0 aliphatic heterocycles. The van der Waals surface area contributed by atoms with Crippen molar-refractivity contribution in [3.63, 3.8) is 0 Å². The Balaban J connectivity index is -0.00000000450. The van der Waals surface area contributed by atoms with Crippen molar-refractivity contribution in [1.82, 2.24) is 0 Å². The Morgan fingerprint density at radius 3 is 0.778 bits per heavy atom. The summed E-state index contributed by atoms with van der Waals surface area (Å²) in [6.07, 6.45) is 0. The van der Waals surface area contributed by atoms with Crippen LogP contribution in [-0.4, -0.2) is 9.79 Å². The van der Waals surface area contributed by atoms with Crippen LogP contribution < -0.4 is 0 Å². The van der Waals surface area contributed by atoms with Crippen LogP contribution in [0.1, 0.15) is 37.1 Å². The summed E-state index contributed by atoms with van der Waals surface area (Å²) in [7, 11) is -2.87. The van der Waals surface area contributed by atoms with Crippen molar-refractivity contribution in [3.8, 4) is 0 Å². The van der Waals surface area contributed by atoms with E-state index in [1.165, 1.54) is 0 Å². The van der Waals surface area contributed by atoms with Gasteiger partial charge in [0.1, 0.15) is 0 Å². The predicted octanol–water partition coefficient (Wildman–Crippen LogP) is 2.81. The molecule has 0 amide bonds. The molecule has 9 heavy (non-hydrogen) atoms. The van der Waals surface area contributed by atoms with Gasteiger partial charge in [-0.05, 0) is 0 Å². The lowest BCUT2D eigenvalue weighted by atomic mass is 12.0. The first-order chi connectivity index (χ1) is 1.73. The molecule has 0 atom stereocenters. The van der Waals surface area contributed by atoms with E-state index in [-0.39, 0.29) is 37.1 Å². The predicted molar refractivity (Wildman–Crippen MR) is 45.7 cm³/mol. The van der Waals surface area contributed by atoms with E-state index >= 15 is 0 Å². The van der Waals surface area contributed by atoms with Crippen LogP contribution >= 0.6 is 8.25 Å². The minimum absolute atomic E-state index is 0. The largest absolute Gasteiger partial charge is 0.692 e. The molecule has 0 bridgehead atoms. The summed E-state index contributed by atoms with van der Waals surface area (Å²) < 4.78 is 8.70. The van der Waals surface area contributed by atoms with Gasteiger partial charge in [0.05, 0.1) is 0 Å². The van der Waals surface area contributed by atoms with Crippen molar-refractivity contribution in [1.29, 1.82) is 0 Å². The molecule has 2 N–H and O–H groups in total. The third kappa shape index (κ3) is 727000. The van der Waals surface area contributed by atoms with E-state index in [1.54, 1.807) is 0 Å². The first kappa shape index (κ1) is 63.6. The molecule has 0 spiro atoms. The van der Waals surface area contributed by atoms with Gasteiger partial charge >= 0.3 is 8.25 Å². The Morgan fingerprint density at radius 2 is 0.778 bits per heavy atom. The van der Waals surface area contributed by atoms with E-state index in [0.717, 1.165) is 0 Å². The van der Waals surface area contributed by atoms with Crippen LogP contribution in [0.4, 0.5) is 0 Å². The summed E-state index contributed by atoms with van der Waals surface area (Å²) in [4.78, 5) is 14.2. The number of rotatable bonds is 0. The van der Waals surface area contributed by atoms with E-state index in [4.69, 9.17) is 14.4 Å². The summed E-state index contributed by atoms with van der Waals surface area (Å²) in [6.45, 7) is 0. The van der Waals surface area contributed by atoms with E-state index in [0.29, 0.717) is 0 Å². The molecule has 64 valence electrons. The molecule has 0 radical (unpaired) electrons. The fourth-order valence-corrected chi connectivity index (χ4v) is 0. The zero-order valence-electron chi connectivity index (χ0n) is 1.75. The third-order valence-electron chi connectivity index (χ3n) is 0. The van der Waals surface area contributed by atoms with Crippen molar-refractivity contribution in [3.05, 3.63) is 0 Å². The van der Waals surface area contributed by atoms with Crippen molar-refractivity contribution in [2.45, 2.75) is 37.1 Å². The first-order valence-electron chi connectivity index (χ1n) is 0.583. The molecule has 0 aromatic rings. The Labute approximate surface area is 60.7 Å². The molecule has 0 rings (SSSR count). The second-order valence-electron chi connectivity index (χ2n) is 0.253. The molecule has 4 heteroatoms. The van der Waals surface area contributed by atoms with E-state index in [2.05, 4.69) is 0 Å². The maximum atomic E-state index is 8.70. The van der Waals surface area contributed by atoms with Crippen molar-refractivity contribution in [2.75, 3.05) is 0 Å². The summed E-state index contributed by atoms with van der Waals surface area (Å²) in [5, 5.41) is 0. The molecule has 3 nitrogen and oxygen atoms in total. The van der Waals surface area contributed by atoms with Gasteiger partial charge in [-0.15, -0.1) is 9.79 Å². The second-order valence-corrected chi connectivity index (χ2v) is 0.758. The van der Waals surface area contributed by atoms with E-state index in [9.17, 15) is 0 Å². The second kappa shape index (κ2) is 43.3. The SMILES string of the molecule is C.C.C.C.C.O=[P+](O)O. The molecule has 0 aromatic heterocycles. The van der Waals surface area contributed by atoms with Gasteiger partial charge in [-0.1, -0.05) is 37.1 Å².